The minimum atomic E-state index is 0.717. The third kappa shape index (κ3) is 7.20. The van der Waals surface area contributed by atoms with Crippen molar-refractivity contribution in [2.24, 2.45) is 0 Å². The van der Waals surface area contributed by atoms with Crippen LogP contribution in [-0.4, -0.2) is 4.98 Å². The second kappa shape index (κ2) is 11.2. The molecule has 4 heteroatoms. The van der Waals surface area contributed by atoms with Gasteiger partial charge in [0, 0.05) is 15.1 Å². The Balaban J connectivity index is 1.64. The van der Waals surface area contributed by atoms with Crippen LogP contribution in [0.4, 0.5) is 0 Å². The molecule has 0 unspecified atom stereocenters. The van der Waals surface area contributed by atoms with Gasteiger partial charge in [0.2, 0.25) is 0 Å². The van der Waals surface area contributed by atoms with Crippen molar-refractivity contribution in [2.75, 3.05) is 0 Å². The summed E-state index contributed by atoms with van der Waals surface area (Å²) in [6.07, 6.45) is 12.2. The number of hydrogen-bond acceptors (Lipinski definition) is 1. The van der Waals surface area contributed by atoms with Gasteiger partial charge in [0.1, 0.15) is 0 Å². The Kier molecular flexibility index (Phi) is 7.80. The topological polar surface area (TPSA) is 12.9 Å². The zero-order valence-electron chi connectivity index (χ0n) is 17.6. The molecular formula is C29H20Cl3N. The lowest BCUT2D eigenvalue weighted by atomic mass is 10.1. The Morgan fingerprint density at radius 3 is 1.06 bits per heavy atom. The standard InChI is InChI=1S/C29H20Cl3N/c30-25-11-3-21(4-12-25)1-2-24-19-28(17-9-22-5-13-26(31)14-6-22)33-29(20-24)18-10-23-7-15-27(32)16-8-23/h1-20H/b2-1+,17-9+,18-10+. The largest absolute Gasteiger partial charge is 0.249 e. The highest BCUT2D eigenvalue weighted by atomic mass is 35.5. The van der Waals surface area contributed by atoms with Gasteiger partial charge in [-0.25, -0.2) is 4.98 Å². The summed E-state index contributed by atoms with van der Waals surface area (Å²) in [6, 6.07) is 27.3. The number of benzene rings is 3. The van der Waals surface area contributed by atoms with Crippen molar-refractivity contribution in [3.8, 4) is 0 Å². The summed E-state index contributed by atoms with van der Waals surface area (Å²) in [5, 5.41) is 2.16. The molecule has 0 spiro atoms. The average molecular weight is 489 g/mol. The first-order valence-corrected chi connectivity index (χ1v) is 11.5. The molecule has 33 heavy (non-hydrogen) atoms. The molecule has 0 aliphatic rings. The minimum absolute atomic E-state index is 0.717. The van der Waals surface area contributed by atoms with E-state index in [-0.39, 0.29) is 0 Å². The molecule has 4 rings (SSSR count). The van der Waals surface area contributed by atoms with Crippen molar-refractivity contribution in [3.05, 3.63) is 134 Å². The summed E-state index contributed by atoms with van der Waals surface area (Å²) in [4.78, 5) is 4.79. The van der Waals surface area contributed by atoms with Gasteiger partial charge in [0.15, 0.2) is 0 Å². The van der Waals surface area contributed by atoms with Gasteiger partial charge < -0.3 is 0 Å². The van der Waals surface area contributed by atoms with Gasteiger partial charge >= 0.3 is 0 Å². The Morgan fingerprint density at radius 1 is 0.394 bits per heavy atom. The van der Waals surface area contributed by atoms with Crippen molar-refractivity contribution in [1.82, 2.24) is 4.98 Å². The van der Waals surface area contributed by atoms with Crippen molar-refractivity contribution < 1.29 is 0 Å². The second-order valence-electron chi connectivity index (χ2n) is 7.40. The van der Waals surface area contributed by atoms with Crippen molar-refractivity contribution in [2.45, 2.75) is 0 Å². The molecule has 1 aromatic heterocycles. The first kappa shape index (κ1) is 23.1. The van der Waals surface area contributed by atoms with Gasteiger partial charge in [-0.3, -0.25) is 0 Å². The fourth-order valence-electron chi connectivity index (χ4n) is 3.14. The van der Waals surface area contributed by atoms with Crippen LogP contribution in [0.15, 0.2) is 84.9 Å². The van der Waals surface area contributed by atoms with E-state index in [1.165, 1.54) is 0 Å². The lowest BCUT2D eigenvalue weighted by Crippen LogP contribution is -1.88. The zero-order valence-corrected chi connectivity index (χ0v) is 19.9. The molecule has 0 aliphatic heterocycles. The Morgan fingerprint density at radius 2 is 0.697 bits per heavy atom. The fourth-order valence-corrected chi connectivity index (χ4v) is 3.52. The monoisotopic (exact) mass is 487 g/mol. The molecule has 0 saturated heterocycles. The Labute approximate surface area is 209 Å². The van der Waals surface area contributed by atoms with Gasteiger partial charge in [-0.15, -0.1) is 0 Å². The predicted octanol–water partition coefficient (Wildman–Crippen LogP) is 9.55. The maximum Gasteiger partial charge on any atom is 0.0643 e. The van der Waals surface area contributed by atoms with Gasteiger partial charge in [-0.1, -0.05) is 95.5 Å². The molecule has 0 radical (unpaired) electrons. The number of nitrogens with zero attached hydrogens (tertiary/aromatic N) is 1. The number of halogens is 3. The summed E-state index contributed by atoms with van der Waals surface area (Å²) in [5.74, 6) is 0. The van der Waals surface area contributed by atoms with Crippen LogP contribution in [0, 0.1) is 0 Å². The van der Waals surface area contributed by atoms with Crippen LogP contribution in [0.1, 0.15) is 33.6 Å². The van der Waals surface area contributed by atoms with E-state index in [0.29, 0.717) is 10.0 Å². The lowest BCUT2D eigenvalue weighted by molar-refractivity contribution is 1.26. The van der Waals surface area contributed by atoms with Gasteiger partial charge in [-0.2, -0.15) is 0 Å². The van der Waals surface area contributed by atoms with E-state index in [4.69, 9.17) is 39.8 Å². The molecule has 3 aromatic carbocycles. The molecule has 4 aromatic rings. The Hall–Kier alpha value is -3.10. The number of rotatable bonds is 6. The van der Waals surface area contributed by atoms with Crippen LogP contribution in [0.5, 0.6) is 0 Å². The highest BCUT2D eigenvalue weighted by Gasteiger charge is 1.99. The van der Waals surface area contributed by atoms with E-state index >= 15 is 0 Å². The molecule has 1 nitrogen and oxygen atoms in total. The highest BCUT2D eigenvalue weighted by molar-refractivity contribution is 6.31. The molecular weight excluding hydrogens is 469 g/mol. The molecule has 162 valence electrons. The number of pyridine rings is 1. The summed E-state index contributed by atoms with van der Waals surface area (Å²) in [6.45, 7) is 0. The predicted molar refractivity (Wildman–Crippen MR) is 145 cm³/mol. The first-order chi connectivity index (χ1) is 16.0. The van der Waals surface area contributed by atoms with E-state index in [1.807, 2.05) is 97.1 Å². The zero-order chi connectivity index (χ0) is 23.0. The summed E-state index contributed by atoms with van der Waals surface area (Å²) >= 11 is 18.0. The fraction of sp³-hybridized carbons (Fsp3) is 0. The third-order valence-electron chi connectivity index (χ3n) is 4.86. The molecule has 0 aliphatic carbocycles. The summed E-state index contributed by atoms with van der Waals surface area (Å²) in [5.41, 5.74) is 5.96. The highest BCUT2D eigenvalue weighted by Crippen LogP contribution is 2.18. The van der Waals surface area contributed by atoms with Gasteiger partial charge in [0.05, 0.1) is 11.4 Å². The van der Waals surface area contributed by atoms with Crippen LogP contribution < -0.4 is 0 Å². The van der Waals surface area contributed by atoms with Crippen molar-refractivity contribution in [3.63, 3.8) is 0 Å². The van der Waals surface area contributed by atoms with Crippen LogP contribution in [0.25, 0.3) is 36.5 Å². The smallest absolute Gasteiger partial charge is 0.0643 e. The quantitative estimate of drug-likeness (QED) is 0.263. The molecule has 0 saturated carbocycles. The molecule has 0 atom stereocenters. The number of hydrogen-bond donors (Lipinski definition) is 0. The van der Waals surface area contributed by atoms with Crippen molar-refractivity contribution >= 4 is 71.3 Å². The van der Waals surface area contributed by atoms with Crippen LogP contribution in [0.2, 0.25) is 15.1 Å². The van der Waals surface area contributed by atoms with Gasteiger partial charge in [0.25, 0.3) is 0 Å². The molecule has 0 amide bonds. The minimum Gasteiger partial charge on any atom is -0.249 e. The SMILES string of the molecule is Clc1ccc(/C=C/c2cc(/C=C/c3ccc(Cl)cc3)nc(/C=C/c3ccc(Cl)cc3)c2)cc1. The van der Waals surface area contributed by atoms with Crippen LogP contribution >= 0.6 is 34.8 Å². The van der Waals surface area contributed by atoms with E-state index in [1.54, 1.807) is 0 Å². The summed E-state index contributed by atoms with van der Waals surface area (Å²) < 4.78 is 0. The average Bonchev–Trinajstić information content (AvgIpc) is 2.83. The van der Waals surface area contributed by atoms with Crippen LogP contribution in [0.3, 0.4) is 0 Å². The molecule has 0 bridgehead atoms. The normalized spacial score (nSPS) is 11.7. The van der Waals surface area contributed by atoms with E-state index < -0.39 is 0 Å². The maximum absolute atomic E-state index is 6.00. The number of aromatic nitrogens is 1. The van der Waals surface area contributed by atoms with E-state index in [0.717, 1.165) is 38.7 Å². The van der Waals surface area contributed by atoms with E-state index in [2.05, 4.69) is 24.3 Å². The molecule has 0 fully saturated rings. The third-order valence-corrected chi connectivity index (χ3v) is 5.61. The van der Waals surface area contributed by atoms with Crippen molar-refractivity contribution in [1.29, 1.82) is 0 Å². The maximum atomic E-state index is 6.00. The lowest BCUT2D eigenvalue weighted by Gasteiger charge is -2.03. The molecule has 1 heterocycles. The summed E-state index contributed by atoms with van der Waals surface area (Å²) in [7, 11) is 0. The molecule has 0 N–H and O–H groups in total. The van der Waals surface area contributed by atoms with Crippen LogP contribution in [-0.2, 0) is 0 Å². The first-order valence-electron chi connectivity index (χ1n) is 10.4. The van der Waals surface area contributed by atoms with E-state index in [9.17, 15) is 0 Å². The second-order valence-corrected chi connectivity index (χ2v) is 8.71. The van der Waals surface area contributed by atoms with Gasteiger partial charge in [-0.05, 0) is 82.9 Å². The Bertz CT molecular complexity index is 1120.